The average Bonchev–Trinajstić information content (AvgIpc) is 2.90. The van der Waals surface area contributed by atoms with E-state index in [2.05, 4.69) is 83.6 Å². The van der Waals surface area contributed by atoms with E-state index in [1.54, 1.807) is 0 Å². The minimum atomic E-state index is 1.24. The fourth-order valence-corrected chi connectivity index (χ4v) is 2.71. The predicted molar refractivity (Wildman–Crippen MR) is 80.8 cm³/mol. The molecule has 0 atom stereocenters. The number of hydrogen-bond donors (Lipinski definition) is 0. The molecule has 0 aliphatic heterocycles. The minimum Gasteiger partial charge on any atom is -0.316 e. The first-order valence-electron chi connectivity index (χ1n) is 6.48. The first kappa shape index (κ1) is 10.4. The van der Waals surface area contributed by atoms with Gasteiger partial charge in [0.1, 0.15) is 0 Å². The van der Waals surface area contributed by atoms with Crippen LogP contribution in [0.15, 0.2) is 79.0 Å². The summed E-state index contributed by atoms with van der Waals surface area (Å²) in [5.41, 5.74) is 2.48. The lowest BCUT2D eigenvalue weighted by Gasteiger charge is -2.09. The summed E-state index contributed by atoms with van der Waals surface area (Å²) in [7, 11) is 0. The molecule has 0 spiro atoms. The first-order valence-corrected chi connectivity index (χ1v) is 6.48. The highest BCUT2D eigenvalue weighted by Gasteiger charge is 2.05. The molecule has 0 N–H and O–H groups in total. The SMILES string of the molecule is c1ccc2c(-n3ccc4ccccc43)cccc2c1. The highest BCUT2D eigenvalue weighted by molar-refractivity contribution is 5.93. The molecule has 3 aromatic carbocycles. The Morgan fingerprint density at radius 1 is 0.579 bits per heavy atom. The van der Waals surface area contributed by atoms with Crippen LogP contribution in [-0.4, -0.2) is 4.57 Å². The van der Waals surface area contributed by atoms with Gasteiger partial charge in [0.2, 0.25) is 0 Å². The lowest BCUT2D eigenvalue weighted by Crippen LogP contribution is -1.92. The Bertz CT molecular complexity index is 866. The Morgan fingerprint density at radius 3 is 2.26 bits per heavy atom. The molecular weight excluding hydrogens is 230 g/mol. The normalized spacial score (nSPS) is 11.2. The number of para-hydroxylation sites is 1. The molecule has 1 heterocycles. The molecule has 0 bridgehead atoms. The smallest absolute Gasteiger partial charge is 0.0534 e. The molecule has 0 saturated carbocycles. The van der Waals surface area contributed by atoms with Crippen LogP contribution in [0.3, 0.4) is 0 Å². The van der Waals surface area contributed by atoms with Crippen molar-refractivity contribution in [1.29, 1.82) is 0 Å². The Hall–Kier alpha value is -2.54. The Morgan fingerprint density at radius 2 is 1.32 bits per heavy atom. The van der Waals surface area contributed by atoms with Crippen molar-refractivity contribution in [2.45, 2.75) is 0 Å². The van der Waals surface area contributed by atoms with Gasteiger partial charge in [-0.2, -0.15) is 0 Å². The molecule has 19 heavy (non-hydrogen) atoms. The molecule has 0 unspecified atom stereocenters. The number of fused-ring (bicyclic) bond motifs is 2. The molecule has 0 fully saturated rings. The maximum atomic E-state index is 2.26. The van der Waals surface area contributed by atoms with Crippen molar-refractivity contribution in [2.24, 2.45) is 0 Å². The van der Waals surface area contributed by atoms with Crippen molar-refractivity contribution in [3.8, 4) is 5.69 Å². The largest absolute Gasteiger partial charge is 0.316 e. The van der Waals surface area contributed by atoms with E-state index < -0.39 is 0 Å². The van der Waals surface area contributed by atoms with Crippen LogP contribution in [0.25, 0.3) is 27.4 Å². The van der Waals surface area contributed by atoms with Crippen molar-refractivity contribution in [3.63, 3.8) is 0 Å². The number of nitrogens with zero attached hydrogens (tertiary/aromatic N) is 1. The maximum absolute atomic E-state index is 2.26. The lowest BCUT2D eigenvalue weighted by molar-refractivity contribution is 1.14. The van der Waals surface area contributed by atoms with E-state index in [-0.39, 0.29) is 0 Å². The van der Waals surface area contributed by atoms with E-state index in [1.165, 1.54) is 27.4 Å². The number of benzene rings is 3. The summed E-state index contributed by atoms with van der Waals surface area (Å²) in [6, 6.07) is 25.6. The highest BCUT2D eigenvalue weighted by Crippen LogP contribution is 2.26. The van der Waals surface area contributed by atoms with Gasteiger partial charge in [-0.1, -0.05) is 54.6 Å². The van der Waals surface area contributed by atoms with Gasteiger partial charge in [-0.25, -0.2) is 0 Å². The second-order valence-corrected chi connectivity index (χ2v) is 4.74. The van der Waals surface area contributed by atoms with Gasteiger partial charge < -0.3 is 4.57 Å². The summed E-state index contributed by atoms with van der Waals surface area (Å²) >= 11 is 0. The van der Waals surface area contributed by atoms with Gasteiger partial charge in [0, 0.05) is 11.6 Å². The standard InChI is InChI=1S/C18H13N/c1-3-9-16-14(6-1)8-5-11-18(16)19-13-12-15-7-2-4-10-17(15)19/h1-13H. The van der Waals surface area contributed by atoms with Gasteiger partial charge in [0.15, 0.2) is 0 Å². The van der Waals surface area contributed by atoms with Gasteiger partial charge >= 0.3 is 0 Å². The van der Waals surface area contributed by atoms with Crippen molar-refractivity contribution in [1.82, 2.24) is 4.57 Å². The van der Waals surface area contributed by atoms with E-state index in [1.807, 2.05) is 0 Å². The molecule has 4 rings (SSSR count). The summed E-state index contributed by atoms with van der Waals surface area (Å²) in [6.07, 6.45) is 2.15. The third-order valence-corrected chi connectivity index (χ3v) is 3.63. The molecule has 4 aromatic rings. The van der Waals surface area contributed by atoms with E-state index in [9.17, 15) is 0 Å². The monoisotopic (exact) mass is 243 g/mol. The van der Waals surface area contributed by atoms with Crippen LogP contribution in [0.4, 0.5) is 0 Å². The molecule has 1 nitrogen and oxygen atoms in total. The summed E-state index contributed by atoms with van der Waals surface area (Å²) in [6.45, 7) is 0. The van der Waals surface area contributed by atoms with Crippen LogP contribution < -0.4 is 0 Å². The summed E-state index contributed by atoms with van der Waals surface area (Å²) in [5, 5.41) is 3.83. The molecule has 0 amide bonds. The summed E-state index contributed by atoms with van der Waals surface area (Å²) < 4.78 is 2.26. The van der Waals surface area contributed by atoms with Gasteiger partial charge in [-0.05, 0) is 29.0 Å². The van der Waals surface area contributed by atoms with E-state index in [4.69, 9.17) is 0 Å². The lowest BCUT2D eigenvalue weighted by atomic mass is 10.1. The van der Waals surface area contributed by atoms with Gasteiger partial charge in [0.05, 0.1) is 11.2 Å². The molecule has 0 saturated heterocycles. The van der Waals surface area contributed by atoms with Crippen LogP contribution in [0, 0.1) is 0 Å². The zero-order valence-corrected chi connectivity index (χ0v) is 10.5. The molecule has 0 radical (unpaired) electrons. The molecule has 1 heteroatoms. The third-order valence-electron chi connectivity index (χ3n) is 3.63. The maximum Gasteiger partial charge on any atom is 0.0534 e. The average molecular weight is 243 g/mol. The van der Waals surface area contributed by atoms with Crippen LogP contribution in [0.1, 0.15) is 0 Å². The quantitative estimate of drug-likeness (QED) is 0.453. The predicted octanol–water partition coefficient (Wildman–Crippen LogP) is 4.78. The third kappa shape index (κ3) is 1.55. The summed E-state index contributed by atoms with van der Waals surface area (Å²) in [5.74, 6) is 0. The zero-order valence-electron chi connectivity index (χ0n) is 10.5. The van der Waals surface area contributed by atoms with Crippen LogP contribution in [0.5, 0.6) is 0 Å². The second-order valence-electron chi connectivity index (χ2n) is 4.74. The molecule has 1 aromatic heterocycles. The second kappa shape index (κ2) is 3.99. The van der Waals surface area contributed by atoms with Crippen molar-refractivity contribution < 1.29 is 0 Å². The first-order chi connectivity index (χ1) is 9.43. The topological polar surface area (TPSA) is 4.93 Å². The highest BCUT2D eigenvalue weighted by atomic mass is 15.0. The molecular formula is C18H13N. The van der Waals surface area contributed by atoms with Crippen molar-refractivity contribution in [3.05, 3.63) is 79.0 Å². The Labute approximate surface area is 111 Å². The number of hydrogen-bond acceptors (Lipinski definition) is 0. The van der Waals surface area contributed by atoms with Gasteiger partial charge in [-0.3, -0.25) is 0 Å². The number of aromatic nitrogens is 1. The van der Waals surface area contributed by atoms with E-state index >= 15 is 0 Å². The fourth-order valence-electron chi connectivity index (χ4n) is 2.71. The number of rotatable bonds is 1. The van der Waals surface area contributed by atoms with Crippen molar-refractivity contribution in [2.75, 3.05) is 0 Å². The van der Waals surface area contributed by atoms with E-state index in [0.29, 0.717) is 0 Å². The molecule has 90 valence electrons. The van der Waals surface area contributed by atoms with Crippen LogP contribution in [0.2, 0.25) is 0 Å². The zero-order chi connectivity index (χ0) is 12.7. The summed E-state index contributed by atoms with van der Waals surface area (Å²) in [4.78, 5) is 0. The van der Waals surface area contributed by atoms with Gasteiger partial charge in [-0.15, -0.1) is 0 Å². The van der Waals surface area contributed by atoms with Crippen molar-refractivity contribution >= 4 is 21.7 Å². The van der Waals surface area contributed by atoms with Crippen LogP contribution >= 0.6 is 0 Å². The molecule has 0 aliphatic carbocycles. The van der Waals surface area contributed by atoms with Gasteiger partial charge in [0.25, 0.3) is 0 Å². The Kier molecular flexibility index (Phi) is 2.18. The minimum absolute atomic E-state index is 1.24. The van der Waals surface area contributed by atoms with Crippen LogP contribution in [-0.2, 0) is 0 Å². The fraction of sp³-hybridized carbons (Fsp3) is 0. The Balaban J connectivity index is 2.10. The van der Waals surface area contributed by atoms with E-state index in [0.717, 1.165) is 0 Å². The molecule has 0 aliphatic rings.